The summed E-state index contributed by atoms with van der Waals surface area (Å²) in [7, 11) is 1.60. The molecule has 0 radical (unpaired) electrons. The summed E-state index contributed by atoms with van der Waals surface area (Å²) in [6, 6.07) is 12.7. The second-order valence-corrected chi connectivity index (χ2v) is 6.19. The zero-order valence-electron chi connectivity index (χ0n) is 13.7. The van der Waals surface area contributed by atoms with E-state index in [-0.39, 0.29) is 0 Å². The smallest absolute Gasteiger partial charge is 0.229 e. The highest BCUT2D eigenvalue weighted by Gasteiger charge is 2.07. The van der Waals surface area contributed by atoms with Crippen LogP contribution in [0.15, 0.2) is 48.7 Å². The highest BCUT2D eigenvalue weighted by atomic mass is 35.5. The molecule has 0 unspecified atom stereocenters. The van der Waals surface area contributed by atoms with Crippen molar-refractivity contribution in [2.24, 2.45) is 0 Å². The number of aryl methyl sites for hydroxylation is 1. The Morgan fingerprint density at radius 1 is 0.920 bits per heavy atom. The van der Waals surface area contributed by atoms with Crippen LogP contribution >= 0.6 is 23.2 Å². The van der Waals surface area contributed by atoms with Crippen LogP contribution in [0, 0.1) is 6.92 Å². The van der Waals surface area contributed by atoms with E-state index < -0.39 is 0 Å². The van der Waals surface area contributed by atoms with Gasteiger partial charge in [0.05, 0.1) is 12.8 Å². The number of methoxy groups -OCH3 is 1. The van der Waals surface area contributed by atoms with Crippen LogP contribution < -0.4 is 15.4 Å². The van der Waals surface area contributed by atoms with E-state index in [9.17, 15) is 0 Å². The first kappa shape index (κ1) is 17.3. The molecule has 1 aromatic heterocycles. The molecule has 7 heteroatoms. The molecule has 0 bridgehead atoms. The number of anilines is 4. The molecule has 3 aromatic rings. The van der Waals surface area contributed by atoms with Gasteiger partial charge in [0.25, 0.3) is 0 Å². The van der Waals surface area contributed by atoms with E-state index in [4.69, 9.17) is 27.9 Å². The fraction of sp³-hybridized carbons (Fsp3) is 0.111. The topological polar surface area (TPSA) is 59.1 Å². The number of aromatic nitrogens is 2. The third-order valence-corrected chi connectivity index (χ3v) is 3.98. The van der Waals surface area contributed by atoms with Crippen LogP contribution in [0.2, 0.25) is 10.0 Å². The Hall–Kier alpha value is -2.50. The molecule has 5 nitrogen and oxygen atoms in total. The van der Waals surface area contributed by atoms with Crippen molar-refractivity contribution in [3.05, 3.63) is 64.3 Å². The largest absolute Gasteiger partial charge is 0.495 e. The number of nitrogens with zero attached hydrogens (tertiary/aromatic N) is 2. The third kappa shape index (κ3) is 4.32. The van der Waals surface area contributed by atoms with E-state index >= 15 is 0 Å². The zero-order valence-corrected chi connectivity index (χ0v) is 15.2. The van der Waals surface area contributed by atoms with Gasteiger partial charge in [-0.2, -0.15) is 4.98 Å². The van der Waals surface area contributed by atoms with Gasteiger partial charge >= 0.3 is 0 Å². The van der Waals surface area contributed by atoms with Crippen LogP contribution in [0.1, 0.15) is 5.56 Å². The monoisotopic (exact) mass is 374 g/mol. The number of hydrogen-bond acceptors (Lipinski definition) is 5. The molecule has 128 valence electrons. The van der Waals surface area contributed by atoms with Gasteiger partial charge in [0.1, 0.15) is 11.6 Å². The summed E-state index contributed by atoms with van der Waals surface area (Å²) in [5.41, 5.74) is 2.62. The molecule has 0 aliphatic heterocycles. The lowest BCUT2D eigenvalue weighted by atomic mass is 10.2. The Kier molecular flexibility index (Phi) is 5.26. The lowest BCUT2D eigenvalue weighted by Gasteiger charge is -2.12. The van der Waals surface area contributed by atoms with E-state index in [1.54, 1.807) is 37.6 Å². The van der Waals surface area contributed by atoms with Crippen LogP contribution in [-0.2, 0) is 0 Å². The molecular weight excluding hydrogens is 359 g/mol. The standard InChI is InChI=1S/C18H16Cl2N4O/c1-11-9-12(19)3-5-14(11)23-18-21-8-7-17(24-18)22-15-10-13(20)4-6-16(15)25-2/h3-10H,1-2H3,(H2,21,22,23,24). The zero-order chi connectivity index (χ0) is 17.8. The maximum Gasteiger partial charge on any atom is 0.229 e. The van der Waals surface area contributed by atoms with Gasteiger partial charge in [-0.1, -0.05) is 23.2 Å². The van der Waals surface area contributed by atoms with Crippen molar-refractivity contribution in [2.75, 3.05) is 17.7 Å². The lowest BCUT2D eigenvalue weighted by Crippen LogP contribution is -2.02. The van der Waals surface area contributed by atoms with E-state index in [1.165, 1.54) is 0 Å². The molecule has 0 aliphatic carbocycles. The molecule has 3 rings (SSSR count). The first-order valence-corrected chi connectivity index (χ1v) is 8.27. The number of ether oxygens (including phenoxy) is 1. The fourth-order valence-corrected chi connectivity index (χ4v) is 2.69. The number of benzene rings is 2. The molecule has 2 aromatic carbocycles. The molecule has 0 saturated heterocycles. The minimum atomic E-state index is 0.469. The maximum absolute atomic E-state index is 6.06. The van der Waals surface area contributed by atoms with Crippen LogP contribution in [0.4, 0.5) is 23.1 Å². The second kappa shape index (κ2) is 7.59. The van der Waals surface area contributed by atoms with Crippen molar-refractivity contribution in [1.82, 2.24) is 9.97 Å². The van der Waals surface area contributed by atoms with Crippen LogP contribution in [0.3, 0.4) is 0 Å². The molecule has 0 saturated carbocycles. The van der Waals surface area contributed by atoms with Crippen molar-refractivity contribution in [2.45, 2.75) is 6.92 Å². The lowest BCUT2D eigenvalue weighted by molar-refractivity contribution is 0.417. The molecule has 0 amide bonds. The molecule has 25 heavy (non-hydrogen) atoms. The Morgan fingerprint density at radius 3 is 2.44 bits per heavy atom. The number of nitrogens with one attached hydrogen (secondary N) is 2. The summed E-state index contributed by atoms with van der Waals surface area (Å²) in [6.45, 7) is 1.97. The van der Waals surface area contributed by atoms with Crippen molar-refractivity contribution in [3.63, 3.8) is 0 Å². The molecule has 0 aliphatic rings. The van der Waals surface area contributed by atoms with Gasteiger partial charge in [-0.05, 0) is 55.0 Å². The Morgan fingerprint density at radius 2 is 1.68 bits per heavy atom. The van der Waals surface area contributed by atoms with E-state index in [1.807, 2.05) is 25.1 Å². The number of hydrogen-bond donors (Lipinski definition) is 2. The van der Waals surface area contributed by atoms with Crippen molar-refractivity contribution in [3.8, 4) is 5.75 Å². The Balaban J connectivity index is 1.83. The van der Waals surface area contributed by atoms with E-state index in [0.717, 1.165) is 16.9 Å². The van der Waals surface area contributed by atoms with Gasteiger partial charge in [-0.15, -0.1) is 0 Å². The minimum absolute atomic E-state index is 0.469. The SMILES string of the molecule is COc1ccc(Cl)cc1Nc1ccnc(Nc2ccc(Cl)cc2C)n1. The van der Waals surface area contributed by atoms with Gasteiger partial charge in [0.15, 0.2) is 0 Å². The third-order valence-electron chi connectivity index (χ3n) is 3.51. The Labute approximate surface area is 156 Å². The van der Waals surface area contributed by atoms with Crippen LogP contribution in [0.25, 0.3) is 0 Å². The summed E-state index contributed by atoms with van der Waals surface area (Å²) in [4.78, 5) is 8.71. The highest BCUT2D eigenvalue weighted by molar-refractivity contribution is 6.31. The summed E-state index contributed by atoms with van der Waals surface area (Å²) in [5, 5.41) is 7.67. The summed E-state index contributed by atoms with van der Waals surface area (Å²) >= 11 is 12.0. The number of rotatable bonds is 5. The molecule has 0 fully saturated rings. The van der Waals surface area contributed by atoms with Gasteiger partial charge in [0, 0.05) is 21.9 Å². The summed E-state index contributed by atoms with van der Waals surface area (Å²) in [5.74, 6) is 1.76. The predicted molar refractivity (Wildman–Crippen MR) is 103 cm³/mol. The normalized spacial score (nSPS) is 10.4. The average Bonchev–Trinajstić information content (AvgIpc) is 2.58. The first-order chi connectivity index (χ1) is 12.0. The van der Waals surface area contributed by atoms with E-state index in [2.05, 4.69) is 20.6 Å². The van der Waals surface area contributed by atoms with Crippen LogP contribution in [-0.4, -0.2) is 17.1 Å². The van der Waals surface area contributed by atoms with Gasteiger partial charge in [0.2, 0.25) is 5.95 Å². The van der Waals surface area contributed by atoms with Crippen LogP contribution in [0.5, 0.6) is 5.75 Å². The summed E-state index contributed by atoms with van der Waals surface area (Å²) in [6.07, 6.45) is 1.67. The van der Waals surface area contributed by atoms with Crippen molar-refractivity contribution >= 4 is 46.3 Å². The highest BCUT2D eigenvalue weighted by Crippen LogP contribution is 2.30. The second-order valence-electron chi connectivity index (χ2n) is 5.32. The minimum Gasteiger partial charge on any atom is -0.495 e. The Bertz CT molecular complexity index is 902. The molecular formula is C18H16Cl2N4O. The van der Waals surface area contributed by atoms with Crippen molar-refractivity contribution in [1.29, 1.82) is 0 Å². The molecule has 2 N–H and O–H groups in total. The quantitative estimate of drug-likeness (QED) is 0.609. The number of halogens is 2. The van der Waals surface area contributed by atoms with E-state index in [0.29, 0.717) is 27.6 Å². The molecule has 0 spiro atoms. The molecule has 1 heterocycles. The first-order valence-electron chi connectivity index (χ1n) is 7.52. The fourth-order valence-electron chi connectivity index (χ4n) is 2.29. The molecule has 0 atom stereocenters. The van der Waals surface area contributed by atoms with Gasteiger partial charge < -0.3 is 15.4 Å². The maximum atomic E-state index is 6.06. The average molecular weight is 375 g/mol. The summed E-state index contributed by atoms with van der Waals surface area (Å²) < 4.78 is 5.33. The van der Waals surface area contributed by atoms with Gasteiger partial charge in [-0.25, -0.2) is 4.98 Å². The van der Waals surface area contributed by atoms with Crippen molar-refractivity contribution < 1.29 is 4.74 Å². The van der Waals surface area contributed by atoms with Gasteiger partial charge in [-0.3, -0.25) is 0 Å². The predicted octanol–water partition coefficient (Wildman–Crippen LogP) is 5.59.